The van der Waals surface area contributed by atoms with Crippen LogP contribution in [0.1, 0.15) is 95.9 Å². The molecule has 2 aliphatic carbocycles. The molecular weight excluding hydrogens is 909 g/mol. The first-order valence-corrected chi connectivity index (χ1v) is 25.7. The SMILES string of the molecule is C=C(/C=C\C=C/C)[C@@H](NC(=O)OC)C(=O)N1C[C@@H](COCC2CCCC2)C[C@H]1c1nc2c(ccc3cc(-c4ccc5c(ccc6[nH]c([C@@H]7[C@@H]8CC[C@@H](C8)N7C(=O)[C@@H](NC(=O)OC)C(C)C)nc65)c4)ccc32)[nH]1. The average Bonchev–Trinajstić information content (AvgIpc) is 4.27. The smallest absolute Gasteiger partial charge is 0.407 e. The van der Waals surface area contributed by atoms with E-state index in [1.807, 2.05) is 48.8 Å². The number of carbonyl (C=O) groups excluding carboxylic acids is 4. The minimum absolute atomic E-state index is 0.0656. The van der Waals surface area contributed by atoms with Gasteiger partial charge in [-0.05, 0) is 115 Å². The Labute approximate surface area is 419 Å². The molecule has 376 valence electrons. The van der Waals surface area contributed by atoms with Gasteiger partial charge in [-0.2, -0.15) is 0 Å². The summed E-state index contributed by atoms with van der Waals surface area (Å²) in [4.78, 5) is 75.2. The number of aromatic amines is 2. The van der Waals surface area contributed by atoms with Gasteiger partial charge >= 0.3 is 12.2 Å². The number of aromatic nitrogens is 4. The molecule has 4 N–H and O–H groups in total. The van der Waals surface area contributed by atoms with Crippen molar-refractivity contribution in [1.29, 1.82) is 0 Å². The highest BCUT2D eigenvalue weighted by molar-refractivity contribution is 6.07. The van der Waals surface area contributed by atoms with Crippen LogP contribution in [0.3, 0.4) is 0 Å². The van der Waals surface area contributed by atoms with Gasteiger partial charge in [0.2, 0.25) is 5.91 Å². The lowest BCUT2D eigenvalue weighted by Gasteiger charge is -2.37. The predicted octanol–water partition coefficient (Wildman–Crippen LogP) is 10.4. The fraction of sp³-hybridized carbons (Fsp3) is 0.439. The van der Waals surface area contributed by atoms with Crippen LogP contribution in [0.2, 0.25) is 0 Å². The van der Waals surface area contributed by atoms with E-state index in [1.54, 1.807) is 12.2 Å². The van der Waals surface area contributed by atoms with Crippen LogP contribution in [0, 0.1) is 23.7 Å². The minimum Gasteiger partial charge on any atom is -0.453 e. The molecule has 4 heterocycles. The number of nitrogens with one attached hydrogen (secondary N) is 4. The van der Waals surface area contributed by atoms with Crippen molar-refractivity contribution < 1.29 is 33.4 Å². The third-order valence-electron chi connectivity index (χ3n) is 15.7. The van der Waals surface area contributed by atoms with Gasteiger partial charge in [0.25, 0.3) is 5.91 Å². The van der Waals surface area contributed by atoms with E-state index in [0.29, 0.717) is 36.9 Å². The molecule has 15 heteroatoms. The summed E-state index contributed by atoms with van der Waals surface area (Å²) < 4.78 is 16.1. The van der Waals surface area contributed by atoms with Crippen LogP contribution in [0.4, 0.5) is 9.59 Å². The summed E-state index contributed by atoms with van der Waals surface area (Å²) in [5.74, 6) is 1.88. The van der Waals surface area contributed by atoms with E-state index < -0.39 is 30.3 Å². The molecule has 0 unspecified atom stereocenters. The number of ether oxygens (including phenoxy) is 3. The zero-order chi connectivity index (χ0) is 50.2. The van der Waals surface area contributed by atoms with E-state index in [0.717, 1.165) is 86.4 Å². The molecule has 7 atom stereocenters. The molecule has 2 bridgehead atoms. The van der Waals surface area contributed by atoms with Crippen LogP contribution < -0.4 is 10.6 Å². The second-order valence-corrected chi connectivity index (χ2v) is 20.6. The first-order valence-electron chi connectivity index (χ1n) is 25.7. The first kappa shape index (κ1) is 48.6. The maximum absolute atomic E-state index is 14.6. The van der Waals surface area contributed by atoms with Gasteiger partial charge in [-0.25, -0.2) is 19.6 Å². The molecule has 4 fully saturated rings. The summed E-state index contributed by atoms with van der Waals surface area (Å²) in [6.45, 7) is 11.6. The Kier molecular flexibility index (Phi) is 13.9. The molecule has 15 nitrogen and oxygen atoms in total. The fourth-order valence-corrected chi connectivity index (χ4v) is 12.0. The molecule has 2 saturated carbocycles. The Morgan fingerprint density at radius 3 is 2.03 bits per heavy atom. The molecule has 72 heavy (non-hydrogen) atoms. The third kappa shape index (κ3) is 9.46. The van der Waals surface area contributed by atoms with Crippen LogP contribution in [-0.4, -0.2) is 106 Å². The van der Waals surface area contributed by atoms with Crippen LogP contribution >= 0.6 is 0 Å². The number of methoxy groups -OCH3 is 2. The number of hydrogen-bond donors (Lipinski definition) is 4. The van der Waals surface area contributed by atoms with Gasteiger partial charge in [0, 0.05) is 35.9 Å². The lowest BCUT2D eigenvalue weighted by molar-refractivity contribution is -0.139. The maximum atomic E-state index is 14.6. The Bertz CT molecular complexity index is 3110. The van der Waals surface area contributed by atoms with E-state index in [9.17, 15) is 19.2 Å². The Morgan fingerprint density at radius 2 is 1.39 bits per heavy atom. The number of carbonyl (C=O) groups is 4. The highest BCUT2D eigenvalue weighted by Gasteiger charge is 2.51. The molecule has 2 aliphatic heterocycles. The van der Waals surface area contributed by atoms with Crippen LogP contribution in [0.15, 0.2) is 97.1 Å². The lowest BCUT2D eigenvalue weighted by Crippen LogP contribution is -2.54. The number of benzene rings is 4. The first-order chi connectivity index (χ1) is 34.9. The number of hydrogen-bond acceptors (Lipinski definition) is 9. The van der Waals surface area contributed by atoms with Crippen LogP contribution in [0.25, 0.3) is 54.7 Å². The average molecular weight is 975 g/mol. The van der Waals surface area contributed by atoms with Gasteiger partial charge < -0.3 is 44.6 Å². The number of nitrogens with zero attached hydrogens (tertiary/aromatic N) is 4. The Hall–Kier alpha value is -7.00. The number of piperidine rings is 1. The molecule has 2 saturated heterocycles. The number of imidazole rings is 2. The monoisotopic (exact) mass is 975 g/mol. The van der Waals surface area contributed by atoms with Crippen LogP contribution in [-0.2, 0) is 23.8 Å². The number of likely N-dealkylation sites (tertiary alicyclic amines) is 2. The zero-order valence-electron chi connectivity index (χ0n) is 41.9. The highest BCUT2D eigenvalue weighted by Crippen LogP contribution is 2.50. The largest absolute Gasteiger partial charge is 0.453 e. The molecule has 6 aromatic rings. The van der Waals surface area contributed by atoms with Gasteiger partial charge in [0.05, 0.1) is 55.0 Å². The van der Waals surface area contributed by atoms with E-state index >= 15 is 0 Å². The normalized spacial score (nSPS) is 22.1. The van der Waals surface area contributed by atoms with E-state index in [2.05, 4.69) is 81.8 Å². The van der Waals surface area contributed by atoms with Crippen molar-refractivity contribution >= 4 is 67.6 Å². The number of amides is 4. The topological polar surface area (TPSA) is 184 Å². The standard InChI is InChI=1S/C57H66N8O7/c1-7-8-9-12-33(4)48(63-57(69)71-6)54(66)64-29-35(31-72-30-34-13-10-11-14-34)25-46(64)52-58-44-23-18-38-26-36(16-21-42(38)49(44)60-52)37-17-22-43-39(27-37)19-24-45-50(43)61-53(59-45)51-40-15-20-41(28-40)65(51)55(67)47(32(2)3)62-56(68)70-5/h7-9,12,16-19,21-24,26-27,32,34-35,40-41,46-48,51H,4,10-11,13-15,20,25,28-31H2,1-3,5-6H3,(H,58,60)(H,59,61)(H,62,68)(H,63,69)/b8-7-,12-9-/t35-,40+,41-,46-,47-,48+,51-/m0/s1. The molecule has 4 aromatic carbocycles. The van der Waals surface area contributed by atoms with E-state index in [4.69, 9.17) is 24.2 Å². The summed E-state index contributed by atoms with van der Waals surface area (Å²) in [6, 6.07) is 19.0. The summed E-state index contributed by atoms with van der Waals surface area (Å²) in [6.07, 6.45) is 14.3. The lowest BCUT2D eigenvalue weighted by atomic mass is 9.95. The van der Waals surface area contributed by atoms with Crippen molar-refractivity contribution in [3.8, 4) is 11.1 Å². The molecular formula is C57H66N8O7. The maximum Gasteiger partial charge on any atom is 0.407 e. The second kappa shape index (κ2) is 20.6. The number of alkyl carbamates (subject to hydrolysis) is 2. The fourth-order valence-electron chi connectivity index (χ4n) is 12.0. The third-order valence-corrected chi connectivity index (χ3v) is 15.7. The molecule has 0 radical (unpaired) electrons. The van der Waals surface area contributed by atoms with Crippen LogP contribution in [0.5, 0.6) is 0 Å². The molecule has 10 rings (SSSR count). The van der Waals surface area contributed by atoms with E-state index in [-0.39, 0.29) is 41.7 Å². The van der Waals surface area contributed by atoms with Crippen molar-refractivity contribution in [2.45, 2.75) is 102 Å². The predicted molar refractivity (Wildman–Crippen MR) is 279 cm³/mol. The van der Waals surface area contributed by atoms with Gasteiger partial charge in [-0.3, -0.25) is 9.59 Å². The van der Waals surface area contributed by atoms with Crippen molar-refractivity contribution in [2.75, 3.05) is 34.0 Å². The summed E-state index contributed by atoms with van der Waals surface area (Å²) >= 11 is 0. The van der Waals surface area contributed by atoms with Gasteiger partial charge in [0.1, 0.15) is 23.7 Å². The minimum atomic E-state index is -1.04. The summed E-state index contributed by atoms with van der Waals surface area (Å²) in [5, 5.41) is 9.60. The summed E-state index contributed by atoms with van der Waals surface area (Å²) in [5.41, 5.74) is 6.00. The molecule has 4 amide bonds. The zero-order valence-corrected chi connectivity index (χ0v) is 41.9. The summed E-state index contributed by atoms with van der Waals surface area (Å²) in [7, 11) is 2.59. The molecule has 4 aliphatic rings. The van der Waals surface area contributed by atoms with Crippen molar-refractivity contribution in [3.63, 3.8) is 0 Å². The van der Waals surface area contributed by atoms with Gasteiger partial charge in [-0.1, -0.05) is 94.0 Å². The quantitative estimate of drug-likeness (QED) is 0.0728. The van der Waals surface area contributed by atoms with Crippen molar-refractivity contribution in [2.24, 2.45) is 23.7 Å². The number of rotatable bonds is 15. The highest BCUT2D eigenvalue weighted by atomic mass is 16.5. The van der Waals surface area contributed by atoms with Gasteiger partial charge in [0.15, 0.2) is 0 Å². The number of allylic oxidation sites excluding steroid dienone is 3. The van der Waals surface area contributed by atoms with E-state index in [1.165, 1.54) is 39.9 Å². The van der Waals surface area contributed by atoms with Gasteiger partial charge in [-0.15, -0.1) is 0 Å². The Balaban J connectivity index is 0.921. The number of H-pyrrole nitrogens is 2. The van der Waals surface area contributed by atoms with Crippen molar-refractivity contribution in [3.05, 3.63) is 109 Å². The molecule has 2 aromatic heterocycles. The molecule has 0 spiro atoms. The second-order valence-electron chi connectivity index (χ2n) is 20.6. The van der Waals surface area contributed by atoms with Crippen molar-refractivity contribution in [1.82, 2.24) is 40.4 Å². The Morgan fingerprint density at radius 1 is 0.764 bits per heavy atom. The number of fused-ring (bicyclic) bond motifs is 8.